The van der Waals surface area contributed by atoms with Gasteiger partial charge in [0, 0.05) is 55.1 Å². The third-order valence-electron chi connectivity index (χ3n) is 6.23. The summed E-state index contributed by atoms with van der Waals surface area (Å²) in [5.41, 5.74) is 9.80. The Bertz CT molecular complexity index is 1350. The molecule has 3 N–H and O–H groups in total. The van der Waals surface area contributed by atoms with Crippen LogP contribution in [0.1, 0.15) is 24.3 Å². The van der Waals surface area contributed by atoms with Crippen molar-refractivity contribution in [3.05, 3.63) is 54.4 Å². The zero-order chi connectivity index (χ0) is 22.4. The number of nitrogens with one attached hydrogen (secondary N) is 1. The van der Waals surface area contributed by atoms with Crippen molar-refractivity contribution < 1.29 is 4.39 Å². The van der Waals surface area contributed by atoms with Gasteiger partial charge in [0.2, 0.25) is 0 Å². The molecule has 4 aromatic heterocycles. The van der Waals surface area contributed by atoms with Crippen molar-refractivity contribution in [2.24, 2.45) is 0 Å². The van der Waals surface area contributed by atoms with E-state index in [1.165, 1.54) is 24.5 Å². The summed E-state index contributed by atoms with van der Waals surface area (Å²) in [4.78, 5) is 25.0. The lowest BCUT2D eigenvalue weighted by Crippen LogP contribution is -2.44. The van der Waals surface area contributed by atoms with Crippen molar-refractivity contribution in [2.75, 3.05) is 36.8 Å². The summed E-state index contributed by atoms with van der Waals surface area (Å²) in [7, 11) is 0. The number of hydrogen-bond donors (Lipinski definition) is 2. The van der Waals surface area contributed by atoms with Gasteiger partial charge in [0.1, 0.15) is 17.5 Å². The van der Waals surface area contributed by atoms with Crippen LogP contribution in [0.2, 0.25) is 0 Å². The zero-order valence-corrected chi connectivity index (χ0v) is 18.0. The van der Waals surface area contributed by atoms with Gasteiger partial charge in [-0.3, -0.25) is 9.97 Å². The Morgan fingerprint density at radius 3 is 2.70 bits per heavy atom. The van der Waals surface area contributed by atoms with Gasteiger partial charge >= 0.3 is 0 Å². The summed E-state index contributed by atoms with van der Waals surface area (Å²) in [6.07, 6.45) is 8.90. The van der Waals surface area contributed by atoms with Gasteiger partial charge < -0.3 is 16.0 Å². The molecule has 0 spiro atoms. The van der Waals surface area contributed by atoms with Crippen LogP contribution >= 0.6 is 0 Å². The Morgan fingerprint density at radius 2 is 1.88 bits per heavy atom. The topological polar surface area (TPSA) is 106 Å². The predicted octanol–water partition coefficient (Wildman–Crippen LogP) is 3.16. The van der Waals surface area contributed by atoms with E-state index in [0.717, 1.165) is 54.7 Å². The summed E-state index contributed by atoms with van der Waals surface area (Å²) in [6.45, 7) is 3.59. The highest BCUT2D eigenvalue weighted by Gasteiger charge is 2.29. The van der Waals surface area contributed by atoms with Crippen molar-refractivity contribution in [2.45, 2.75) is 18.8 Å². The number of nitrogens with two attached hydrogens (primary N) is 1. The molecule has 0 amide bonds. The summed E-state index contributed by atoms with van der Waals surface area (Å²) >= 11 is 0. The van der Waals surface area contributed by atoms with E-state index in [1.54, 1.807) is 6.20 Å². The van der Waals surface area contributed by atoms with Gasteiger partial charge in [-0.1, -0.05) is 0 Å². The number of rotatable bonds is 4. The van der Waals surface area contributed by atoms with Crippen molar-refractivity contribution >= 4 is 22.5 Å². The number of nitrogen functional groups attached to an aromatic ring is 1. The summed E-state index contributed by atoms with van der Waals surface area (Å²) in [5.74, 6) is 1.82. The Kier molecular flexibility index (Phi) is 4.83. The molecule has 0 atom stereocenters. The first-order valence-electron chi connectivity index (χ1n) is 11.2. The van der Waals surface area contributed by atoms with Gasteiger partial charge in [-0.15, -0.1) is 0 Å². The number of pyridine rings is 3. The molecule has 1 aliphatic carbocycles. The number of halogens is 1. The summed E-state index contributed by atoms with van der Waals surface area (Å²) in [5, 5.41) is 4.51. The van der Waals surface area contributed by atoms with Crippen molar-refractivity contribution in [3.63, 3.8) is 0 Å². The molecular weight excluding hydrogens is 419 g/mol. The van der Waals surface area contributed by atoms with Crippen LogP contribution in [-0.4, -0.2) is 51.1 Å². The summed E-state index contributed by atoms with van der Waals surface area (Å²) in [6, 6.07) is 5.02. The molecule has 1 saturated carbocycles. The first-order valence-corrected chi connectivity index (χ1v) is 11.2. The third kappa shape index (κ3) is 3.74. The van der Waals surface area contributed by atoms with Gasteiger partial charge in [0.15, 0.2) is 5.82 Å². The molecule has 0 bridgehead atoms. The standard InChI is InChI=1S/C24H23FN8/c25-16-10-17(22(26)30-11-16)19-9-15(3-4-29-19)23-31-20-13-28-12-18(14-1-2-14)21(20)24(32-23)33-7-5-27-6-8-33/h3-4,9-14,27H,1-2,5-8H2,(H2,26,30). The molecule has 0 unspecified atom stereocenters. The van der Waals surface area contributed by atoms with Crippen LogP contribution in [0.5, 0.6) is 0 Å². The third-order valence-corrected chi connectivity index (χ3v) is 6.23. The van der Waals surface area contributed by atoms with E-state index in [2.05, 4.69) is 25.2 Å². The van der Waals surface area contributed by atoms with Gasteiger partial charge in [0.25, 0.3) is 0 Å². The minimum atomic E-state index is -0.465. The van der Waals surface area contributed by atoms with Gasteiger partial charge in [-0.2, -0.15) is 0 Å². The minimum Gasteiger partial charge on any atom is -0.383 e. The largest absolute Gasteiger partial charge is 0.383 e. The minimum absolute atomic E-state index is 0.222. The lowest BCUT2D eigenvalue weighted by Gasteiger charge is -2.30. The smallest absolute Gasteiger partial charge is 0.162 e. The van der Waals surface area contributed by atoms with E-state index in [-0.39, 0.29) is 5.82 Å². The molecular formula is C24H23FN8. The molecule has 2 aliphatic rings. The molecule has 6 rings (SSSR count). The fraction of sp³-hybridized carbons (Fsp3) is 0.292. The van der Waals surface area contributed by atoms with Crippen LogP contribution in [0.15, 0.2) is 43.0 Å². The van der Waals surface area contributed by atoms with Crippen LogP contribution in [-0.2, 0) is 0 Å². The number of piperazine rings is 1. The molecule has 5 heterocycles. The average Bonchev–Trinajstić information content (AvgIpc) is 3.70. The average molecular weight is 443 g/mol. The van der Waals surface area contributed by atoms with E-state index in [4.69, 9.17) is 15.7 Å². The molecule has 1 saturated heterocycles. The molecule has 2 fully saturated rings. The van der Waals surface area contributed by atoms with E-state index in [9.17, 15) is 4.39 Å². The van der Waals surface area contributed by atoms with E-state index >= 15 is 0 Å². The van der Waals surface area contributed by atoms with Crippen molar-refractivity contribution in [1.82, 2.24) is 30.2 Å². The van der Waals surface area contributed by atoms with Crippen LogP contribution in [0, 0.1) is 5.82 Å². The molecule has 33 heavy (non-hydrogen) atoms. The molecule has 1 aliphatic heterocycles. The molecule has 166 valence electrons. The van der Waals surface area contributed by atoms with E-state index in [0.29, 0.717) is 23.0 Å². The number of aromatic nitrogens is 5. The molecule has 4 aromatic rings. The van der Waals surface area contributed by atoms with E-state index in [1.807, 2.05) is 24.5 Å². The van der Waals surface area contributed by atoms with Crippen LogP contribution in [0.25, 0.3) is 33.5 Å². The fourth-order valence-corrected chi connectivity index (χ4v) is 4.40. The normalized spacial score (nSPS) is 16.3. The SMILES string of the molecule is Nc1ncc(F)cc1-c1cc(-c2nc(N3CCNCC3)c3c(C4CC4)cncc3n2)ccn1. The second-order valence-corrected chi connectivity index (χ2v) is 8.52. The van der Waals surface area contributed by atoms with Crippen LogP contribution < -0.4 is 16.0 Å². The van der Waals surface area contributed by atoms with Crippen LogP contribution in [0.3, 0.4) is 0 Å². The Labute approximate surface area is 190 Å². The molecule has 0 aromatic carbocycles. The monoisotopic (exact) mass is 442 g/mol. The first kappa shape index (κ1) is 19.9. The van der Waals surface area contributed by atoms with Gasteiger partial charge in [-0.05, 0) is 42.5 Å². The molecule has 0 radical (unpaired) electrons. The summed E-state index contributed by atoms with van der Waals surface area (Å²) < 4.78 is 13.8. The lowest BCUT2D eigenvalue weighted by molar-refractivity contribution is 0.586. The molecule has 9 heteroatoms. The second kappa shape index (κ2) is 8.00. The zero-order valence-electron chi connectivity index (χ0n) is 18.0. The van der Waals surface area contributed by atoms with Crippen molar-refractivity contribution in [3.8, 4) is 22.6 Å². The first-order chi connectivity index (χ1) is 16.2. The van der Waals surface area contributed by atoms with Gasteiger partial charge in [-0.25, -0.2) is 19.3 Å². The Balaban J connectivity index is 1.51. The quantitative estimate of drug-likeness (QED) is 0.497. The highest BCUT2D eigenvalue weighted by molar-refractivity contribution is 5.94. The highest BCUT2D eigenvalue weighted by Crippen LogP contribution is 2.44. The highest BCUT2D eigenvalue weighted by atomic mass is 19.1. The maximum Gasteiger partial charge on any atom is 0.162 e. The number of hydrogen-bond acceptors (Lipinski definition) is 8. The van der Waals surface area contributed by atoms with E-state index < -0.39 is 5.82 Å². The second-order valence-electron chi connectivity index (χ2n) is 8.52. The number of anilines is 2. The van der Waals surface area contributed by atoms with Crippen LogP contribution in [0.4, 0.5) is 16.0 Å². The number of nitrogens with zero attached hydrogens (tertiary/aromatic N) is 6. The molecule has 8 nitrogen and oxygen atoms in total. The fourth-order valence-electron chi connectivity index (χ4n) is 4.40. The van der Waals surface area contributed by atoms with Crippen molar-refractivity contribution in [1.29, 1.82) is 0 Å². The van der Waals surface area contributed by atoms with Gasteiger partial charge in [0.05, 0.1) is 23.6 Å². The predicted molar refractivity (Wildman–Crippen MR) is 125 cm³/mol. The lowest BCUT2D eigenvalue weighted by atomic mass is 10.1. The number of fused-ring (bicyclic) bond motifs is 1. The maximum absolute atomic E-state index is 13.8. The Morgan fingerprint density at radius 1 is 1.03 bits per heavy atom. The Hall–Kier alpha value is -3.72. The maximum atomic E-state index is 13.8.